The van der Waals surface area contributed by atoms with Gasteiger partial charge in [-0.1, -0.05) is 18.6 Å². The van der Waals surface area contributed by atoms with Crippen LogP contribution in [0.2, 0.25) is 0 Å². The first-order valence-electron chi connectivity index (χ1n) is 19.7. The minimum absolute atomic E-state index is 0.00114. The highest BCUT2D eigenvalue weighted by Crippen LogP contribution is 2.58. The van der Waals surface area contributed by atoms with Crippen LogP contribution in [-0.2, 0) is 48.3 Å². The van der Waals surface area contributed by atoms with E-state index in [0.29, 0.717) is 56.3 Å². The number of carbonyl (C=O) groups excluding carboxylic acids is 1. The van der Waals surface area contributed by atoms with Crippen LogP contribution in [0.1, 0.15) is 90.4 Å². The zero-order valence-corrected chi connectivity index (χ0v) is 32.5. The highest BCUT2D eigenvalue weighted by atomic mass is 16.7. The Morgan fingerprint density at radius 3 is 2.11 bits per heavy atom. The largest absolute Gasteiger partial charge is 0.469 e. The van der Waals surface area contributed by atoms with Gasteiger partial charge in [-0.15, -0.1) is 0 Å². The van der Waals surface area contributed by atoms with E-state index in [0.717, 1.165) is 0 Å². The van der Waals surface area contributed by atoms with Crippen molar-refractivity contribution in [3.05, 3.63) is 35.3 Å². The highest BCUT2D eigenvalue weighted by molar-refractivity contribution is 5.92. The van der Waals surface area contributed by atoms with E-state index in [9.17, 15) is 25.2 Å². The zero-order valence-electron chi connectivity index (χ0n) is 32.5. The molecule has 0 aromatic carbocycles. The summed E-state index contributed by atoms with van der Waals surface area (Å²) in [6.07, 6.45) is -1.61. The molecule has 1 aromatic rings. The molecule has 3 aliphatic carbocycles. The van der Waals surface area contributed by atoms with Crippen molar-refractivity contribution < 1.29 is 67.5 Å². The summed E-state index contributed by atoms with van der Waals surface area (Å²) in [7, 11) is 3.15. The number of aliphatic hydroxyl groups is 4. The number of methoxy groups -OCH3 is 2. The van der Waals surface area contributed by atoms with Crippen LogP contribution < -0.4 is 0 Å². The number of aliphatic hydroxyl groups excluding tert-OH is 3. The molecule has 4 N–H and O–H groups in total. The van der Waals surface area contributed by atoms with Crippen LogP contribution >= 0.6 is 0 Å². The van der Waals surface area contributed by atoms with Crippen molar-refractivity contribution in [3.63, 3.8) is 0 Å². The van der Waals surface area contributed by atoms with Gasteiger partial charge in [0.15, 0.2) is 30.3 Å². The zero-order chi connectivity index (χ0) is 38.7. The maximum absolute atomic E-state index is 13.9. The van der Waals surface area contributed by atoms with E-state index >= 15 is 0 Å². The predicted octanol–water partition coefficient (Wildman–Crippen LogP) is 3.17. The van der Waals surface area contributed by atoms with Gasteiger partial charge in [0, 0.05) is 45.0 Å². The normalized spacial score (nSPS) is 48.5. The second-order valence-electron chi connectivity index (χ2n) is 16.7. The van der Waals surface area contributed by atoms with E-state index in [1.807, 2.05) is 13.8 Å². The van der Waals surface area contributed by atoms with Gasteiger partial charge in [-0.05, 0) is 77.2 Å². The summed E-state index contributed by atoms with van der Waals surface area (Å²) >= 11 is 0. The minimum Gasteiger partial charge on any atom is -0.469 e. The number of Topliss-reactive ketones (excluding diaryl/α,β-unsaturated/α-hetero) is 1. The molecule has 54 heavy (non-hydrogen) atoms. The Balaban J connectivity index is 0.940. The number of fused-ring (bicyclic) bond motifs is 3. The number of hydrogen-bond acceptors (Lipinski definition) is 14. The number of ether oxygens (including phenoxy) is 8. The summed E-state index contributed by atoms with van der Waals surface area (Å²) in [6.45, 7) is 9.36. The standard InChI is InChI=1S/C40H60O14/c1-19-25(11-13-48-19)40(45)12-10-26-24(38(40)44)9-8-23-14-29(28(42)18-39(23,26)5)52-33-17-31(47-7)37(22(4)51-33)54-32-15-27(41)36(21(3)50-32)53-34-16-30(46-6)35(43)20(2)49-34/h8,11,13,20-22,24,26-37,41-43,45H,9-10,12,14-18H2,1-7H3/t20-,21+,22+,24+,26+,27-,28+,29+,30-,31+,32+,33+,34+,35-,36+,37+,39-,40+/m0/s1. The van der Waals surface area contributed by atoms with E-state index in [1.165, 1.54) is 18.9 Å². The van der Waals surface area contributed by atoms with Gasteiger partial charge in [0.05, 0.1) is 55.1 Å². The molecule has 0 amide bonds. The lowest BCUT2D eigenvalue weighted by molar-refractivity contribution is -0.338. The van der Waals surface area contributed by atoms with Gasteiger partial charge in [-0.2, -0.15) is 0 Å². The van der Waals surface area contributed by atoms with Gasteiger partial charge in [0.2, 0.25) is 0 Å². The topological polar surface area (TPSA) is 185 Å². The number of furan rings is 1. The van der Waals surface area contributed by atoms with Crippen molar-refractivity contribution in [2.75, 3.05) is 14.2 Å². The Hall–Kier alpha value is -1.79. The first kappa shape index (κ1) is 40.4. The summed E-state index contributed by atoms with van der Waals surface area (Å²) in [6, 6.07) is 1.70. The third kappa shape index (κ3) is 7.40. The van der Waals surface area contributed by atoms with Gasteiger partial charge in [-0.25, -0.2) is 0 Å². The van der Waals surface area contributed by atoms with Gasteiger partial charge >= 0.3 is 0 Å². The van der Waals surface area contributed by atoms with E-state index < -0.39 is 97.0 Å². The summed E-state index contributed by atoms with van der Waals surface area (Å²) in [4.78, 5) is 13.9. The number of allylic oxidation sites excluding steroid dienone is 1. The van der Waals surface area contributed by atoms with Crippen LogP contribution in [0.15, 0.2) is 28.4 Å². The third-order valence-corrected chi connectivity index (χ3v) is 13.5. The van der Waals surface area contributed by atoms with Crippen LogP contribution in [0.4, 0.5) is 0 Å². The Labute approximate surface area is 317 Å². The first-order valence-corrected chi connectivity index (χ1v) is 19.7. The molecular formula is C40H60O14. The fraction of sp³-hybridized carbons (Fsp3) is 0.825. The molecule has 304 valence electrons. The number of aryl methyl sites for hydroxylation is 1. The van der Waals surface area contributed by atoms with Gasteiger partial charge in [-0.3, -0.25) is 4.79 Å². The lowest BCUT2D eigenvalue weighted by Crippen LogP contribution is -2.57. The predicted molar refractivity (Wildman–Crippen MR) is 190 cm³/mol. The van der Waals surface area contributed by atoms with E-state index in [1.54, 1.807) is 27.0 Å². The lowest BCUT2D eigenvalue weighted by Gasteiger charge is -2.55. The van der Waals surface area contributed by atoms with Crippen molar-refractivity contribution in [2.24, 2.45) is 17.3 Å². The van der Waals surface area contributed by atoms with Crippen molar-refractivity contribution in [1.82, 2.24) is 0 Å². The van der Waals surface area contributed by atoms with Crippen molar-refractivity contribution in [1.29, 1.82) is 0 Å². The molecule has 14 nitrogen and oxygen atoms in total. The molecule has 0 spiro atoms. The number of rotatable bonds is 9. The quantitative estimate of drug-likeness (QED) is 0.269. The molecule has 18 atom stereocenters. The second-order valence-corrected chi connectivity index (χ2v) is 16.7. The molecule has 3 saturated heterocycles. The monoisotopic (exact) mass is 764 g/mol. The Morgan fingerprint density at radius 1 is 0.815 bits per heavy atom. The third-order valence-electron chi connectivity index (χ3n) is 13.5. The Morgan fingerprint density at radius 2 is 1.44 bits per heavy atom. The smallest absolute Gasteiger partial charge is 0.172 e. The van der Waals surface area contributed by atoms with E-state index in [-0.39, 0.29) is 24.0 Å². The average molecular weight is 765 g/mol. The molecular weight excluding hydrogens is 704 g/mol. The molecule has 1 aromatic heterocycles. The molecule has 2 saturated carbocycles. The maximum atomic E-state index is 13.9. The van der Waals surface area contributed by atoms with Crippen LogP contribution in [0, 0.1) is 24.2 Å². The number of hydrogen-bond donors (Lipinski definition) is 4. The highest BCUT2D eigenvalue weighted by Gasteiger charge is 2.58. The molecule has 14 heteroatoms. The molecule has 0 unspecified atom stereocenters. The fourth-order valence-electron chi connectivity index (χ4n) is 10.4. The van der Waals surface area contributed by atoms with Crippen LogP contribution in [0.25, 0.3) is 0 Å². The summed E-state index contributed by atoms with van der Waals surface area (Å²) in [5.41, 5.74) is -0.237. The molecule has 3 aliphatic heterocycles. The van der Waals surface area contributed by atoms with E-state index in [4.69, 9.17) is 42.3 Å². The van der Waals surface area contributed by atoms with Crippen LogP contribution in [0.3, 0.4) is 0 Å². The molecule has 5 fully saturated rings. The summed E-state index contributed by atoms with van der Waals surface area (Å²) in [5, 5.41) is 44.6. The molecule has 0 radical (unpaired) electrons. The fourth-order valence-corrected chi connectivity index (χ4v) is 10.4. The van der Waals surface area contributed by atoms with Gasteiger partial charge in [0.1, 0.15) is 24.1 Å². The van der Waals surface area contributed by atoms with Gasteiger partial charge < -0.3 is 62.7 Å². The average Bonchev–Trinajstić information content (AvgIpc) is 3.57. The second kappa shape index (κ2) is 15.9. The summed E-state index contributed by atoms with van der Waals surface area (Å²) in [5.74, 6) is 0.0491. The molecule has 0 bridgehead atoms. The minimum atomic E-state index is -1.56. The Bertz CT molecular complexity index is 1490. The van der Waals surface area contributed by atoms with Crippen LogP contribution in [-0.4, -0.2) is 126 Å². The maximum Gasteiger partial charge on any atom is 0.172 e. The molecule has 4 heterocycles. The van der Waals surface area contributed by atoms with Crippen molar-refractivity contribution in [3.8, 4) is 0 Å². The Kier molecular flexibility index (Phi) is 11.9. The first-order chi connectivity index (χ1) is 25.7. The van der Waals surface area contributed by atoms with Crippen molar-refractivity contribution >= 4 is 5.78 Å². The number of ketones is 1. The lowest BCUT2D eigenvalue weighted by atomic mass is 9.51. The van der Waals surface area contributed by atoms with Crippen LogP contribution in [0.5, 0.6) is 0 Å². The van der Waals surface area contributed by atoms with Crippen molar-refractivity contribution in [2.45, 2.75) is 178 Å². The molecule has 7 rings (SSSR count). The summed E-state index contributed by atoms with van der Waals surface area (Å²) < 4.78 is 54.1. The molecule has 6 aliphatic rings. The van der Waals surface area contributed by atoms with Gasteiger partial charge in [0.25, 0.3) is 0 Å². The SMILES string of the molecule is CO[C@H]1C[C@@H](O[C@H]2[C@@H](O)C[C@@H](O[C@@H]3[C@@H](C)O[C@H](O[C@@H]4CC5=CC[C@H]6C(=O)[C@](O)(c7ccoc7C)CC[C@H]6[C@@]5(C)C[C@H]4O)C[C@H]3OC)O[C@@H]2C)O[C@@H](C)[C@@H]1O. The van der Waals surface area contributed by atoms with E-state index in [2.05, 4.69) is 13.0 Å². The number of carbonyl (C=O) groups is 1.